The number of anilines is 1. The molecular weight excluding hydrogens is 340 g/mol. The quantitative estimate of drug-likeness (QED) is 0.834. The summed E-state index contributed by atoms with van der Waals surface area (Å²) in [6.45, 7) is 4.41. The van der Waals surface area contributed by atoms with Gasteiger partial charge in [-0.1, -0.05) is 25.4 Å². The molecule has 8 heteroatoms. The number of hydrogen-bond donors (Lipinski definition) is 2. The van der Waals surface area contributed by atoms with Crippen molar-refractivity contribution < 1.29 is 13.9 Å². The highest BCUT2D eigenvalue weighted by molar-refractivity contribution is 6.32. The minimum Gasteiger partial charge on any atom is -0.396 e. The first-order chi connectivity index (χ1) is 11.2. The molecule has 0 aliphatic heterocycles. The first-order valence-corrected chi connectivity index (χ1v) is 7.71. The van der Waals surface area contributed by atoms with Gasteiger partial charge in [0.15, 0.2) is 5.82 Å². The van der Waals surface area contributed by atoms with Gasteiger partial charge in [0, 0.05) is 19.2 Å². The van der Waals surface area contributed by atoms with Crippen molar-refractivity contribution in [2.45, 2.75) is 20.3 Å². The number of aliphatic hydroxyl groups is 1. The van der Waals surface area contributed by atoms with Gasteiger partial charge in [-0.2, -0.15) is 9.78 Å². The summed E-state index contributed by atoms with van der Waals surface area (Å²) in [6, 6.07) is 2.82. The maximum atomic E-state index is 13.8. The highest BCUT2D eigenvalue weighted by Crippen LogP contribution is 2.23. The predicted octanol–water partition coefficient (Wildman–Crippen LogP) is 2.98. The Bertz CT molecular complexity index is 793. The van der Waals surface area contributed by atoms with Gasteiger partial charge in [0.2, 0.25) is 0 Å². The molecule has 0 amide bonds. The summed E-state index contributed by atoms with van der Waals surface area (Å²) in [5, 5.41) is 15.8. The van der Waals surface area contributed by atoms with Gasteiger partial charge < -0.3 is 10.4 Å². The molecule has 0 atom stereocenters. The number of aliphatic hydroxyl groups excluding tert-OH is 1. The van der Waals surface area contributed by atoms with Crippen LogP contribution in [0, 0.1) is 17.0 Å². The molecule has 1 aromatic carbocycles. The summed E-state index contributed by atoms with van der Waals surface area (Å²) < 4.78 is 27.6. The molecule has 0 spiro atoms. The maximum Gasteiger partial charge on any atom is 0.292 e. The Hall–Kier alpha value is -1.99. The van der Waals surface area contributed by atoms with E-state index in [9.17, 15) is 13.6 Å². The minimum absolute atomic E-state index is 0.0477. The second-order valence-electron chi connectivity index (χ2n) is 6.18. The molecular formula is C16H18ClF2N3O2. The van der Waals surface area contributed by atoms with E-state index in [1.54, 1.807) is 0 Å². The first kappa shape index (κ1) is 18.4. The molecule has 2 aromatic rings. The lowest BCUT2D eigenvalue weighted by Gasteiger charge is -2.24. The molecule has 130 valence electrons. The van der Waals surface area contributed by atoms with E-state index in [2.05, 4.69) is 10.4 Å². The van der Waals surface area contributed by atoms with Crippen molar-refractivity contribution in [2.24, 2.45) is 5.41 Å². The highest BCUT2D eigenvalue weighted by Gasteiger charge is 2.19. The second kappa shape index (κ2) is 7.27. The topological polar surface area (TPSA) is 67.2 Å². The van der Waals surface area contributed by atoms with Gasteiger partial charge in [-0.25, -0.2) is 8.78 Å². The summed E-state index contributed by atoms with van der Waals surface area (Å²) in [5.41, 5.74) is -0.801. The van der Waals surface area contributed by atoms with Crippen LogP contribution < -0.4 is 10.9 Å². The number of nitrogens with zero attached hydrogens (tertiary/aromatic N) is 2. The predicted molar refractivity (Wildman–Crippen MR) is 88.7 cm³/mol. The van der Waals surface area contributed by atoms with Crippen molar-refractivity contribution in [2.75, 3.05) is 18.5 Å². The number of halogens is 3. The van der Waals surface area contributed by atoms with Gasteiger partial charge in [-0.05, 0) is 24.0 Å². The van der Waals surface area contributed by atoms with E-state index in [4.69, 9.17) is 16.7 Å². The summed E-state index contributed by atoms with van der Waals surface area (Å²) in [5.74, 6) is -1.66. The van der Waals surface area contributed by atoms with Crippen molar-refractivity contribution in [1.82, 2.24) is 9.78 Å². The number of aromatic nitrogens is 2. The zero-order valence-electron chi connectivity index (χ0n) is 13.3. The first-order valence-electron chi connectivity index (χ1n) is 7.33. The minimum atomic E-state index is -0.912. The Morgan fingerprint density at radius 3 is 2.71 bits per heavy atom. The van der Waals surface area contributed by atoms with Crippen LogP contribution in [0.2, 0.25) is 5.02 Å². The van der Waals surface area contributed by atoms with Crippen molar-refractivity contribution >= 4 is 17.3 Å². The standard InChI is InChI=1S/C16H18ClF2N3O2/c1-16(2,5-6-23)9-20-12-8-21-22(15(24)14(12)17)13-4-3-10(18)7-11(13)19/h3-4,7-8,20,23H,5-6,9H2,1-2H3. The molecule has 0 saturated carbocycles. The Labute approximate surface area is 142 Å². The Balaban J connectivity index is 2.31. The molecule has 0 aliphatic carbocycles. The zero-order chi connectivity index (χ0) is 17.9. The van der Waals surface area contributed by atoms with E-state index in [-0.39, 0.29) is 22.7 Å². The fourth-order valence-electron chi connectivity index (χ4n) is 2.11. The third-order valence-corrected chi connectivity index (χ3v) is 3.97. The van der Waals surface area contributed by atoms with Crippen molar-refractivity contribution in [3.8, 4) is 5.69 Å². The van der Waals surface area contributed by atoms with E-state index >= 15 is 0 Å². The average Bonchev–Trinajstić information content (AvgIpc) is 2.50. The van der Waals surface area contributed by atoms with Crippen LogP contribution in [-0.4, -0.2) is 28.0 Å². The molecule has 1 heterocycles. The molecule has 2 N–H and O–H groups in total. The number of hydrogen-bond acceptors (Lipinski definition) is 4. The molecule has 0 aliphatic rings. The van der Waals surface area contributed by atoms with Crippen molar-refractivity contribution in [1.29, 1.82) is 0 Å². The Morgan fingerprint density at radius 1 is 1.38 bits per heavy atom. The SMILES string of the molecule is CC(C)(CCO)CNc1cnn(-c2ccc(F)cc2F)c(=O)c1Cl. The van der Waals surface area contributed by atoms with Gasteiger partial charge in [0.25, 0.3) is 5.56 Å². The normalized spacial score (nSPS) is 11.6. The number of nitrogens with one attached hydrogen (secondary N) is 1. The van der Waals surface area contributed by atoms with E-state index in [1.165, 1.54) is 6.20 Å². The van der Waals surface area contributed by atoms with Gasteiger partial charge in [-0.3, -0.25) is 4.79 Å². The molecule has 0 bridgehead atoms. The van der Waals surface area contributed by atoms with Gasteiger partial charge in [0.1, 0.15) is 16.5 Å². The molecule has 1 aromatic heterocycles. The van der Waals surface area contributed by atoms with Crippen LogP contribution in [0.3, 0.4) is 0 Å². The van der Waals surface area contributed by atoms with Crippen LogP contribution in [-0.2, 0) is 0 Å². The van der Waals surface area contributed by atoms with Crippen molar-refractivity contribution in [3.05, 3.63) is 51.4 Å². The van der Waals surface area contributed by atoms with Crippen molar-refractivity contribution in [3.63, 3.8) is 0 Å². The summed E-state index contributed by atoms with van der Waals surface area (Å²) in [6.07, 6.45) is 1.88. The van der Waals surface area contributed by atoms with Crippen LogP contribution in [0.5, 0.6) is 0 Å². The Morgan fingerprint density at radius 2 is 2.08 bits per heavy atom. The van der Waals surface area contributed by atoms with E-state index in [1.807, 2.05) is 13.8 Å². The van der Waals surface area contributed by atoms with Crippen LogP contribution in [0.4, 0.5) is 14.5 Å². The highest BCUT2D eigenvalue weighted by atomic mass is 35.5. The molecule has 0 saturated heterocycles. The van der Waals surface area contributed by atoms with Gasteiger partial charge in [-0.15, -0.1) is 0 Å². The molecule has 0 unspecified atom stereocenters. The molecule has 5 nitrogen and oxygen atoms in total. The van der Waals surface area contributed by atoms with Crippen LogP contribution in [0.15, 0.2) is 29.2 Å². The lowest BCUT2D eigenvalue weighted by molar-refractivity contribution is 0.220. The fraction of sp³-hybridized carbons (Fsp3) is 0.375. The van der Waals surface area contributed by atoms with E-state index in [0.29, 0.717) is 24.7 Å². The molecule has 2 rings (SSSR count). The smallest absolute Gasteiger partial charge is 0.292 e. The van der Waals surface area contributed by atoms with Gasteiger partial charge >= 0.3 is 0 Å². The third kappa shape index (κ3) is 4.10. The molecule has 24 heavy (non-hydrogen) atoms. The number of rotatable bonds is 6. The largest absolute Gasteiger partial charge is 0.396 e. The van der Waals surface area contributed by atoms with Crippen LogP contribution in [0.25, 0.3) is 5.69 Å². The third-order valence-electron chi connectivity index (χ3n) is 3.60. The average molecular weight is 358 g/mol. The Kier molecular flexibility index (Phi) is 5.56. The fourth-order valence-corrected chi connectivity index (χ4v) is 2.30. The van der Waals surface area contributed by atoms with Gasteiger partial charge in [0.05, 0.1) is 11.9 Å². The summed E-state index contributed by atoms with van der Waals surface area (Å²) >= 11 is 6.06. The van der Waals surface area contributed by atoms with E-state index < -0.39 is 17.2 Å². The summed E-state index contributed by atoms with van der Waals surface area (Å²) in [4.78, 5) is 12.3. The zero-order valence-corrected chi connectivity index (χ0v) is 14.1. The van der Waals surface area contributed by atoms with Crippen LogP contribution in [0.1, 0.15) is 20.3 Å². The van der Waals surface area contributed by atoms with Crippen LogP contribution >= 0.6 is 11.6 Å². The molecule has 0 radical (unpaired) electrons. The van der Waals surface area contributed by atoms with E-state index in [0.717, 1.165) is 16.8 Å². The monoisotopic (exact) mass is 357 g/mol. The second-order valence-corrected chi connectivity index (χ2v) is 6.55. The lowest BCUT2D eigenvalue weighted by atomic mass is 9.90. The summed E-state index contributed by atoms with van der Waals surface area (Å²) in [7, 11) is 0. The molecule has 0 fully saturated rings. The lowest BCUT2D eigenvalue weighted by Crippen LogP contribution is -2.27. The maximum absolute atomic E-state index is 13.8. The number of benzene rings is 1.